The van der Waals surface area contributed by atoms with Crippen LogP contribution in [0.25, 0.3) is 0 Å². The van der Waals surface area contributed by atoms with Gasteiger partial charge in [-0.15, -0.1) is 0 Å². The van der Waals surface area contributed by atoms with Gasteiger partial charge in [0, 0.05) is 31.0 Å². The molecule has 4 nitrogen and oxygen atoms in total. The lowest BCUT2D eigenvalue weighted by Crippen LogP contribution is -2.17. The summed E-state index contributed by atoms with van der Waals surface area (Å²) in [7, 11) is 1.79. The number of hydrogen-bond acceptors (Lipinski definition) is 3. The molecular formula is C14H24ClN3O. The van der Waals surface area contributed by atoms with Crippen LogP contribution in [0, 0.1) is 12.8 Å². The van der Waals surface area contributed by atoms with Gasteiger partial charge in [-0.1, -0.05) is 24.9 Å². The summed E-state index contributed by atoms with van der Waals surface area (Å²) in [6, 6.07) is 0.206. The number of rotatable bonds is 7. The first-order valence-electron chi connectivity index (χ1n) is 6.79. The van der Waals surface area contributed by atoms with E-state index >= 15 is 0 Å². The summed E-state index contributed by atoms with van der Waals surface area (Å²) in [4.78, 5) is 12.2. The zero-order chi connectivity index (χ0) is 14.6. The van der Waals surface area contributed by atoms with Crippen LogP contribution in [0.3, 0.4) is 0 Å². The van der Waals surface area contributed by atoms with Gasteiger partial charge in [0.05, 0.1) is 5.69 Å². The SMILES string of the molecule is Cc1nn(C)c(Cl)c1CC(=O)C(C)CCCC(C)N. The van der Waals surface area contributed by atoms with E-state index in [1.54, 1.807) is 11.7 Å². The summed E-state index contributed by atoms with van der Waals surface area (Å²) in [5, 5.41) is 4.79. The fourth-order valence-corrected chi connectivity index (χ4v) is 2.37. The zero-order valence-electron chi connectivity index (χ0n) is 12.2. The van der Waals surface area contributed by atoms with Crippen molar-refractivity contribution in [2.75, 3.05) is 0 Å². The van der Waals surface area contributed by atoms with Crippen molar-refractivity contribution in [2.24, 2.45) is 18.7 Å². The van der Waals surface area contributed by atoms with E-state index in [1.165, 1.54) is 0 Å². The van der Waals surface area contributed by atoms with Crippen molar-refractivity contribution in [1.82, 2.24) is 9.78 Å². The van der Waals surface area contributed by atoms with Gasteiger partial charge in [-0.25, -0.2) is 0 Å². The molecule has 0 aromatic carbocycles. The Kier molecular flexibility index (Phi) is 6.01. The van der Waals surface area contributed by atoms with Gasteiger partial charge in [0.2, 0.25) is 0 Å². The van der Waals surface area contributed by atoms with Crippen LogP contribution in [0.2, 0.25) is 5.15 Å². The maximum absolute atomic E-state index is 12.2. The number of ketones is 1. The van der Waals surface area contributed by atoms with Gasteiger partial charge in [-0.3, -0.25) is 9.48 Å². The summed E-state index contributed by atoms with van der Waals surface area (Å²) in [5.41, 5.74) is 7.40. The molecule has 1 rings (SSSR count). The Morgan fingerprint density at radius 2 is 2.05 bits per heavy atom. The molecule has 0 amide bonds. The van der Waals surface area contributed by atoms with Crippen molar-refractivity contribution >= 4 is 17.4 Å². The van der Waals surface area contributed by atoms with Crippen molar-refractivity contribution < 1.29 is 4.79 Å². The maximum atomic E-state index is 12.2. The van der Waals surface area contributed by atoms with Gasteiger partial charge in [0.25, 0.3) is 0 Å². The summed E-state index contributed by atoms with van der Waals surface area (Å²) in [6.45, 7) is 5.85. The zero-order valence-corrected chi connectivity index (χ0v) is 13.0. The summed E-state index contributed by atoms with van der Waals surface area (Å²) in [5.74, 6) is 0.275. The van der Waals surface area contributed by atoms with Crippen molar-refractivity contribution in [3.05, 3.63) is 16.4 Å². The third-order valence-electron chi connectivity index (χ3n) is 3.47. The van der Waals surface area contributed by atoms with E-state index in [1.807, 2.05) is 20.8 Å². The van der Waals surface area contributed by atoms with Crippen molar-refractivity contribution in [3.63, 3.8) is 0 Å². The number of carbonyl (C=O) groups excluding carboxylic acids is 1. The fraction of sp³-hybridized carbons (Fsp3) is 0.714. The van der Waals surface area contributed by atoms with Crippen LogP contribution in [-0.2, 0) is 18.3 Å². The lowest BCUT2D eigenvalue weighted by atomic mass is 9.94. The smallest absolute Gasteiger partial charge is 0.140 e. The van der Waals surface area contributed by atoms with E-state index in [0.717, 1.165) is 30.5 Å². The number of carbonyl (C=O) groups is 1. The average Bonchev–Trinajstić information content (AvgIpc) is 2.55. The highest BCUT2D eigenvalue weighted by Crippen LogP contribution is 2.21. The molecule has 1 aromatic heterocycles. The Morgan fingerprint density at radius 1 is 1.42 bits per heavy atom. The Hall–Kier alpha value is -0.870. The van der Waals surface area contributed by atoms with Crippen LogP contribution in [0.1, 0.15) is 44.4 Å². The van der Waals surface area contributed by atoms with Crippen LogP contribution in [0.5, 0.6) is 0 Å². The highest BCUT2D eigenvalue weighted by molar-refractivity contribution is 6.30. The number of hydrogen-bond donors (Lipinski definition) is 1. The van der Waals surface area contributed by atoms with Gasteiger partial charge < -0.3 is 5.73 Å². The number of halogens is 1. The lowest BCUT2D eigenvalue weighted by Gasteiger charge is -2.11. The number of nitrogens with zero attached hydrogens (tertiary/aromatic N) is 2. The molecule has 0 saturated carbocycles. The Bertz CT molecular complexity index is 440. The molecule has 0 aliphatic rings. The minimum Gasteiger partial charge on any atom is -0.328 e. The number of aromatic nitrogens is 2. The van der Waals surface area contributed by atoms with Crippen LogP contribution in [0.15, 0.2) is 0 Å². The quantitative estimate of drug-likeness (QED) is 0.838. The monoisotopic (exact) mass is 285 g/mol. The molecule has 2 atom stereocenters. The molecule has 1 heterocycles. The van der Waals surface area contributed by atoms with Gasteiger partial charge in [0.1, 0.15) is 10.9 Å². The third-order valence-corrected chi connectivity index (χ3v) is 3.94. The normalized spacial score (nSPS) is 14.4. The number of aryl methyl sites for hydroxylation is 2. The molecule has 2 N–H and O–H groups in total. The molecule has 108 valence electrons. The molecule has 1 aromatic rings. The Balaban J connectivity index is 2.54. The minimum atomic E-state index is 0.0504. The molecule has 0 radical (unpaired) electrons. The van der Waals surface area contributed by atoms with Crippen LogP contribution < -0.4 is 5.73 Å². The largest absolute Gasteiger partial charge is 0.328 e. The van der Waals surface area contributed by atoms with Crippen LogP contribution in [-0.4, -0.2) is 21.6 Å². The standard InChI is InChI=1S/C14H24ClN3O/c1-9(6-5-7-10(2)16)13(19)8-12-11(3)17-18(4)14(12)15/h9-10H,5-8,16H2,1-4H3. The first kappa shape index (κ1) is 16.2. The summed E-state index contributed by atoms with van der Waals surface area (Å²) >= 11 is 6.14. The molecule has 0 aliphatic heterocycles. The van der Waals surface area contributed by atoms with Crippen molar-refractivity contribution in [1.29, 1.82) is 0 Å². The first-order valence-corrected chi connectivity index (χ1v) is 7.17. The molecule has 5 heteroatoms. The predicted octanol–water partition coefficient (Wildman–Crippen LogP) is 2.65. The molecule has 0 spiro atoms. The molecule has 19 heavy (non-hydrogen) atoms. The fourth-order valence-electron chi connectivity index (χ4n) is 2.13. The van der Waals surface area contributed by atoms with Crippen molar-refractivity contribution in [2.45, 2.75) is 52.5 Å². The van der Waals surface area contributed by atoms with Gasteiger partial charge in [-0.05, 0) is 26.7 Å². The summed E-state index contributed by atoms with van der Waals surface area (Å²) in [6.07, 6.45) is 3.21. The highest BCUT2D eigenvalue weighted by Gasteiger charge is 2.19. The van der Waals surface area contributed by atoms with Gasteiger partial charge in [0.15, 0.2) is 0 Å². The van der Waals surface area contributed by atoms with E-state index in [0.29, 0.717) is 11.6 Å². The molecule has 0 fully saturated rings. The second-order valence-electron chi connectivity index (χ2n) is 5.43. The second kappa shape index (κ2) is 7.06. The molecule has 0 aliphatic carbocycles. The topological polar surface area (TPSA) is 60.9 Å². The Labute approximate surface area is 120 Å². The highest BCUT2D eigenvalue weighted by atomic mass is 35.5. The van der Waals surface area contributed by atoms with Gasteiger partial charge in [-0.2, -0.15) is 5.10 Å². The average molecular weight is 286 g/mol. The molecule has 0 bridgehead atoms. The van der Waals surface area contributed by atoms with E-state index in [-0.39, 0.29) is 17.7 Å². The molecular weight excluding hydrogens is 262 g/mol. The maximum Gasteiger partial charge on any atom is 0.140 e. The first-order chi connectivity index (χ1) is 8.82. The summed E-state index contributed by atoms with van der Waals surface area (Å²) < 4.78 is 1.61. The third kappa shape index (κ3) is 4.62. The van der Waals surface area contributed by atoms with E-state index < -0.39 is 0 Å². The second-order valence-corrected chi connectivity index (χ2v) is 5.79. The predicted molar refractivity (Wildman–Crippen MR) is 78.3 cm³/mol. The van der Waals surface area contributed by atoms with E-state index in [4.69, 9.17) is 17.3 Å². The van der Waals surface area contributed by atoms with Crippen LogP contribution >= 0.6 is 11.6 Å². The number of nitrogens with two attached hydrogens (primary N) is 1. The molecule has 0 saturated heterocycles. The molecule has 2 unspecified atom stereocenters. The van der Waals surface area contributed by atoms with E-state index in [9.17, 15) is 4.79 Å². The minimum absolute atomic E-state index is 0.0504. The Morgan fingerprint density at radius 3 is 2.53 bits per heavy atom. The van der Waals surface area contributed by atoms with Gasteiger partial charge >= 0.3 is 0 Å². The van der Waals surface area contributed by atoms with Crippen LogP contribution in [0.4, 0.5) is 0 Å². The lowest BCUT2D eigenvalue weighted by molar-refractivity contribution is -0.121. The van der Waals surface area contributed by atoms with E-state index in [2.05, 4.69) is 5.10 Å². The van der Waals surface area contributed by atoms with Crippen molar-refractivity contribution in [3.8, 4) is 0 Å². The number of Topliss-reactive ketones (excluding diaryl/α,β-unsaturated/α-hetero) is 1.